The first-order chi connectivity index (χ1) is 10.6. The van der Waals surface area contributed by atoms with Gasteiger partial charge < -0.3 is 10.5 Å². The topological polar surface area (TPSA) is 65.2 Å². The van der Waals surface area contributed by atoms with E-state index in [1.807, 2.05) is 30.3 Å². The Balaban J connectivity index is 2.07. The van der Waals surface area contributed by atoms with Crippen LogP contribution in [0.2, 0.25) is 5.02 Å². The first-order valence-electron chi connectivity index (χ1n) is 6.47. The summed E-state index contributed by atoms with van der Waals surface area (Å²) in [4.78, 5) is 18.0. The van der Waals surface area contributed by atoms with E-state index < -0.39 is 0 Å². The zero-order valence-corrected chi connectivity index (χ0v) is 14.3. The predicted molar refractivity (Wildman–Crippen MR) is 91.6 cm³/mol. The van der Waals surface area contributed by atoms with E-state index in [0.717, 1.165) is 14.7 Å². The largest absolute Gasteiger partial charge is 0.469 e. The maximum atomic E-state index is 11.1. The van der Waals surface area contributed by atoms with E-state index in [2.05, 4.69) is 9.72 Å². The fraction of sp³-hybridized carbons (Fsp3) is 0.200. The number of benzene rings is 1. The monoisotopic (exact) mass is 354 g/mol. The van der Waals surface area contributed by atoms with Gasteiger partial charge in [-0.3, -0.25) is 4.79 Å². The van der Waals surface area contributed by atoms with Crippen LogP contribution in [0.1, 0.15) is 6.42 Å². The number of hydrogen-bond acceptors (Lipinski definition) is 6. The maximum absolute atomic E-state index is 11.1. The van der Waals surface area contributed by atoms with Crippen molar-refractivity contribution in [1.29, 1.82) is 0 Å². The molecule has 2 rings (SSSR count). The lowest BCUT2D eigenvalue weighted by molar-refractivity contribution is -0.140. The third kappa shape index (κ3) is 4.83. The highest BCUT2D eigenvalue weighted by molar-refractivity contribution is 8.00. The number of carbonyl (C=O) groups excluding carboxylic acids is 1. The Bertz CT molecular complexity index is 668. The number of thioether (sulfide) groups is 1. The van der Waals surface area contributed by atoms with Crippen LogP contribution in [0.3, 0.4) is 0 Å². The van der Waals surface area contributed by atoms with Crippen LogP contribution in [0.4, 0.5) is 5.82 Å². The van der Waals surface area contributed by atoms with Crippen molar-refractivity contribution in [3.63, 3.8) is 0 Å². The summed E-state index contributed by atoms with van der Waals surface area (Å²) in [7, 11) is 1.39. The number of anilines is 1. The van der Waals surface area contributed by atoms with E-state index in [0.29, 0.717) is 23.0 Å². The summed E-state index contributed by atoms with van der Waals surface area (Å²) in [5, 5.41) is 0.677. The molecule has 0 radical (unpaired) electrons. The summed E-state index contributed by atoms with van der Waals surface area (Å²) in [6.45, 7) is 0. The molecule has 0 saturated heterocycles. The van der Waals surface area contributed by atoms with Crippen LogP contribution in [-0.4, -0.2) is 23.8 Å². The highest BCUT2D eigenvalue weighted by Crippen LogP contribution is 2.37. The number of nitrogens with two attached hydrogens (primary N) is 1. The van der Waals surface area contributed by atoms with Crippen LogP contribution in [0, 0.1) is 0 Å². The van der Waals surface area contributed by atoms with E-state index in [4.69, 9.17) is 17.3 Å². The Labute approximate surface area is 142 Å². The number of aromatic nitrogens is 1. The van der Waals surface area contributed by atoms with Gasteiger partial charge in [0.1, 0.15) is 5.82 Å². The Morgan fingerprint density at radius 1 is 1.36 bits per heavy atom. The van der Waals surface area contributed by atoms with Gasteiger partial charge in [-0.15, -0.1) is 11.8 Å². The number of nitrogens with zero attached hydrogens (tertiary/aromatic N) is 1. The SMILES string of the molecule is COC(=O)CCSc1cnc(N)c(Sc2ccccc2Cl)c1. The van der Waals surface area contributed by atoms with Crippen molar-refractivity contribution in [2.24, 2.45) is 0 Å². The number of ether oxygens (including phenoxy) is 1. The molecule has 0 bridgehead atoms. The van der Waals surface area contributed by atoms with Gasteiger partial charge in [-0.25, -0.2) is 4.98 Å². The molecule has 0 aliphatic carbocycles. The average Bonchev–Trinajstić information content (AvgIpc) is 2.52. The Hall–Kier alpha value is -1.37. The molecule has 0 aliphatic heterocycles. The van der Waals surface area contributed by atoms with Gasteiger partial charge in [0.15, 0.2) is 0 Å². The summed E-state index contributed by atoms with van der Waals surface area (Å²) < 4.78 is 4.62. The molecular formula is C15H15ClN2O2S2. The summed E-state index contributed by atoms with van der Waals surface area (Å²) in [5.74, 6) is 0.873. The van der Waals surface area contributed by atoms with Gasteiger partial charge >= 0.3 is 5.97 Å². The van der Waals surface area contributed by atoms with Gasteiger partial charge in [0.25, 0.3) is 0 Å². The summed E-state index contributed by atoms with van der Waals surface area (Å²) in [6.07, 6.45) is 2.06. The minimum atomic E-state index is -0.221. The van der Waals surface area contributed by atoms with Gasteiger partial charge in [0.2, 0.25) is 0 Å². The Kier molecular flexibility index (Phi) is 6.42. The molecule has 1 heterocycles. The van der Waals surface area contributed by atoms with E-state index in [-0.39, 0.29) is 5.97 Å². The van der Waals surface area contributed by atoms with Crippen molar-refractivity contribution in [3.8, 4) is 0 Å². The summed E-state index contributed by atoms with van der Waals surface area (Å²) >= 11 is 9.17. The molecule has 4 nitrogen and oxygen atoms in total. The Morgan fingerprint density at radius 2 is 2.14 bits per heavy atom. The van der Waals surface area contributed by atoms with E-state index in [9.17, 15) is 4.79 Å². The standard InChI is InChI=1S/C15H15ClN2O2S2/c1-20-14(19)6-7-21-10-8-13(15(17)18-9-10)22-12-5-3-2-4-11(12)16/h2-5,8-9H,6-7H2,1H3,(H2,17,18). The number of pyridine rings is 1. The first-order valence-corrected chi connectivity index (χ1v) is 8.65. The fourth-order valence-electron chi connectivity index (χ4n) is 1.60. The lowest BCUT2D eigenvalue weighted by atomic mass is 10.4. The Morgan fingerprint density at radius 3 is 2.86 bits per heavy atom. The highest BCUT2D eigenvalue weighted by Gasteiger charge is 2.08. The number of nitrogen functional groups attached to an aromatic ring is 1. The van der Waals surface area contributed by atoms with Gasteiger partial charge in [-0.05, 0) is 18.2 Å². The molecule has 0 atom stereocenters. The molecule has 2 N–H and O–H groups in total. The van der Waals surface area contributed by atoms with Crippen LogP contribution < -0.4 is 5.73 Å². The summed E-state index contributed by atoms with van der Waals surface area (Å²) in [6, 6.07) is 9.53. The van der Waals surface area contributed by atoms with Crippen LogP contribution >= 0.6 is 35.1 Å². The molecule has 0 amide bonds. The van der Waals surface area contributed by atoms with Crippen molar-refractivity contribution in [2.75, 3.05) is 18.6 Å². The molecule has 22 heavy (non-hydrogen) atoms. The zero-order valence-electron chi connectivity index (χ0n) is 11.9. The predicted octanol–water partition coefficient (Wildman–Crippen LogP) is 4.12. The molecule has 1 aromatic carbocycles. The van der Waals surface area contributed by atoms with Crippen LogP contribution in [0.5, 0.6) is 0 Å². The van der Waals surface area contributed by atoms with E-state index >= 15 is 0 Å². The van der Waals surface area contributed by atoms with Gasteiger partial charge in [0, 0.05) is 21.7 Å². The molecule has 0 aliphatic rings. The van der Waals surface area contributed by atoms with Crippen molar-refractivity contribution < 1.29 is 9.53 Å². The lowest BCUT2D eigenvalue weighted by Crippen LogP contribution is -2.01. The molecule has 0 unspecified atom stereocenters. The normalized spacial score (nSPS) is 10.5. The summed E-state index contributed by atoms with van der Waals surface area (Å²) in [5.41, 5.74) is 5.93. The molecule has 0 spiro atoms. The van der Waals surface area contributed by atoms with E-state index in [1.54, 1.807) is 6.20 Å². The van der Waals surface area contributed by atoms with Gasteiger partial charge in [0.05, 0.1) is 23.4 Å². The third-order valence-electron chi connectivity index (χ3n) is 2.72. The first kappa shape index (κ1) is 17.0. The van der Waals surface area contributed by atoms with Crippen LogP contribution in [0.25, 0.3) is 0 Å². The minimum Gasteiger partial charge on any atom is -0.469 e. The molecule has 7 heteroatoms. The molecule has 116 valence electrons. The molecule has 0 fully saturated rings. The quantitative estimate of drug-likeness (QED) is 0.621. The fourth-order valence-corrected chi connectivity index (χ4v) is 3.65. The van der Waals surface area contributed by atoms with Gasteiger partial charge in [-0.1, -0.05) is 35.5 Å². The number of halogens is 1. The number of methoxy groups -OCH3 is 1. The van der Waals surface area contributed by atoms with Crippen LogP contribution in [0.15, 0.2) is 51.2 Å². The lowest BCUT2D eigenvalue weighted by Gasteiger charge is -2.08. The van der Waals surface area contributed by atoms with E-state index in [1.165, 1.54) is 30.6 Å². The molecule has 0 saturated carbocycles. The second-order valence-corrected chi connectivity index (χ2v) is 6.92. The van der Waals surface area contributed by atoms with Crippen molar-refractivity contribution in [2.45, 2.75) is 21.1 Å². The second kappa shape index (κ2) is 8.31. The van der Waals surface area contributed by atoms with Crippen LogP contribution in [-0.2, 0) is 9.53 Å². The third-order valence-corrected chi connectivity index (χ3v) is 5.25. The van der Waals surface area contributed by atoms with Crippen molar-refractivity contribution in [1.82, 2.24) is 4.98 Å². The maximum Gasteiger partial charge on any atom is 0.306 e. The minimum absolute atomic E-state index is 0.221. The average molecular weight is 355 g/mol. The molecular weight excluding hydrogens is 340 g/mol. The number of carbonyl (C=O) groups is 1. The number of rotatable bonds is 6. The number of hydrogen-bond donors (Lipinski definition) is 1. The van der Waals surface area contributed by atoms with Crippen molar-refractivity contribution in [3.05, 3.63) is 41.6 Å². The number of esters is 1. The molecule has 1 aromatic heterocycles. The second-order valence-electron chi connectivity index (χ2n) is 4.26. The molecule has 2 aromatic rings. The smallest absolute Gasteiger partial charge is 0.306 e. The van der Waals surface area contributed by atoms with Gasteiger partial charge in [-0.2, -0.15) is 0 Å². The highest BCUT2D eigenvalue weighted by atomic mass is 35.5. The van der Waals surface area contributed by atoms with Crippen molar-refractivity contribution >= 4 is 46.9 Å². The zero-order chi connectivity index (χ0) is 15.9.